The van der Waals surface area contributed by atoms with Crippen molar-refractivity contribution in [3.8, 4) is 11.3 Å². The Balaban J connectivity index is 1.36. The Morgan fingerprint density at radius 2 is 1.96 bits per heavy atom. The monoisotopic (exact) mass is 331 g/mol. The lowest BCUT2D eigenvalue weighted by Gasteiger charge is -2.04. The molecule has 0 unspecified atom stereocenters. The fourth-order valence-electron chi connectivity index (χ4n) is 2.75. The molecule has 0 saturated carbocycles. The number of aromatic amines is 1. The maximum atomic E-state index is 12.2. The van der Waals surface area contributed by atoms with E-state index in [9.17, 15) is 4.79 Å². The first-order chi connectivity index (χ1) is 12.3. The molecule has 0 atom stereocenters. The molecule has 5 nitrogen and oxygen atoms in total. The number of rotatable bonds is 5. The summed E-state index contributed by atoms with van der Waals surface area (Å²) < 4.78 is 5.83. The van der Waals surface area contributed by atoms with Crippen molar-refractivity contribution in [1.82, 2.24) is 10.2 Å². The standard InChI is InChI=1S/C20H17N3O2/c24-20(22-16-6-9-18-15(12-16)13-21-23-18)11-8-17-7-10-19(25-17)14-4-2-1-3-5-14/h1-7,9-10,12-13H,8,11H2,(H,21,23)(H,22,24). The van der Waals surface area contributed by atoms with Gasteiger partial charge in [-0.25, -0.2) is 0 Å². The van der Waals surface area contributed by atoms with E-state index >= 15 is 0 Å². The van der Waals surface area contributed by atoms with Crippen molar-refractivity contribution in [2.24, 2.45) is 0 Å². The summed E-state index contributed by atoms with van der Waals surface area (Å²) in [6.45, 7) is 0. The molecule has 25 heavy (non-hydrogen) atoms. The number of amides is 1. The van der Waals surface area contributed by atoms with Crippen molar-refractivity contribution in [3.05, 3.63) is 72.6 Å². The quantitative estimate of drug-likeness (QED) is 0.569. The maximum Gasteiger partial charge on any atom is 0.224 e. The average Bonchev–Trinajstić information content (AvgIpc) is 3.30. The predicted octanol–water partition coefficient (Wildman–Crippen LogP) is 4.39. The molecule has 124 valence electrons. The van der Waals surface area contributed by atoms with E-state index in [0.29, 0.717) is 12.8 Å². The van der Waals surface area contributed by atoms with Gasteiger partial charge in [-0.3, -0.25) is 9.89 Å². The van der Waals surface area contributed by atoms with Crippen molar-refractivity contribution in [1.29, 1.82) is 0 Å². The predicted molar refractivity (Wildman–Crippen MR) is 97.2 cm³/mol. The number of nitrogens with zero attached hydrogens (tertiary/aromatic N) is 1. The van der Waals surface area contributed by atoms with Crippen LogP contribution in [0.15, 0.2) is 71.3 Å². The van der Waals surface area contributed by atoms with Crippen molar-refractivity contribution in [2.75, 3.05) is 5.32 Å². The Morgan fingerprint density at radius 1 is 1.08 bits per heavy atom. The fourth-order valence-corrected chi connectivity index (χ4v) is 2.75. The van der Waals surface area contributed by atoms with E-state index in [1.54, 1.807) is 6.20 Å². The van der Waals surface area contributed by atoms with Crippen LogP contribution < -0.4 is 5.32 Å². The third-order valence-corrected chi connectivity index (χ3v) is 4.04. The summed E-state index contributed by atoms with van der Waals surface area (Å²) in [6, 6.07) is 19.4. The lowest BCUT2D eigenvalue weighted by Crippen LogP contribution is -2.12. The number of carbonyl (C=O) groups excluding carboxylic acids is 1. The van der Waals surface area contributed by atoms with Gasteiger partial charge in [0.2, 0.25) is 5.91 Å². The molecule has 0 saturated heterocycles. The van der Waals surface area contributed by atoms with Crippen LogP contribution in [0.5, 0.6) is 0 Å². The molecule has 0 spiro atoms. The van der Waals surface area contributed by atoms with Crippen molar-refractivity contribution in [3.63, 3.8) is 0 Å². The van der Waals surface area contributed by atoms with E-state index in [1.807, 2.05) is 60.7 Å². The minimum atomic E-state index is -0.0412. The number of aryl methyl sites for hydroxylation is 1. The number of H-pyrrole nitrogens is 1. The van der Waals surface area contributed by atoms with Crippen molar-refractivity contribution < 1.29 is 9.21 Å². The number of carbonyl (C=O) groups is 1. The van der Waals surface area contributed by atoms with Gasteiger partial charge in [-0.2, -0.15) is 5.10 Å². The van der Waals surface area contributed by atoms with Gasteiger partial charge in [-0.05, 0) is 30.3 Å². The van der Waals surface area contributed by atoms with Crippen LogP contribution in [0.4, 0.5) is 5.69 Å². The Morgan fingerprint density at radius 3 is 2.84 bits per heavy atom. The SMILES string of the molecule is O=C(CCc1ccc(-c2ccccc2)o1)Nc1ccc2[nH]ncc2c1. The molecule has 0 radical (unpaired) electrons. The summed E-state index contributed by atoms with van der Waals surface area (Å²) in [5.74, 6) is 1.58. The van der Waals surface area contributed by atoms with Crippen LogP contribution in [0.3, 0.4) is 0 Å². The molecule has 0 aliphatic rings. The van der Waals surface area contributed by atoms with Crippen LogP contribution in [-0.2, 0) is 11.2 Å². The van der Waals surface area contributed by atoms with E-state index in [4.69, 9.17) is 4.42 Å². The lowest BCUT2D eigenvalue weighted by atomic mass is 10.2. The van der Waals surface area contributed by atoms with Gasteiger partial charge in [-0.15, -0.1) is 0 Å². The Kier molecular flexibility index (Phi) is 4.04. The second-order valence-corrected chi connectivity index (χ2v) is 5.85. The normalized spacial score (nSPS) is 10.9. The smallest absolute Gasteiger partial charge is 0.224 e. The van der Waals surface area contributed by atoms with Crippen LogP contribution in [0.1, 0.15) is 12.2 Å². The van der Waals surface area contributed by atoms with Gasteiger partial charge in [0.1, 0.15) is 11.5 Å². The summed E-state index contributed by atoms with van der Waals surface area (Å²) >= 11 is 0. The average molecular weight is 331 g/mol. The highest BCUT2D eigenvalue weighted by atomic mass is 16.3. The van der Waals surface area contributed by atoms with Crippen molar-refractivity contribution >= 4 is 22.5 Å². The molecule has 1 amide bonds. The summed E-state index contributed by atoms with van der Waals surface area (Å²) in [6.07, 6.45) is 2.66. The Hall–Kier alpha value is -3.34. The molecule has 2 N–H and O–H groups in total. The minimum Gasteiger partial charge on any atom is -0.461 e. The highest BCUT2D eigenvalue weighted by Crippen LogP contribution is 2.22. The van der Waals surface area contributed by atoms with Crippen LogP contribution in [0.2, 0.25) is 0 Å². The minimum absolute atomic E-state index is 0.0412. The van der Waals surface area contributed by atoms with Crippen LogP contribution >= 0.6 is 0 Å². The van der Waals surface area contributed by atoms with Gasteiger partial charge >= 0.3 is 0 Å². The number of fused-ring (bicyclic) bond motifs is 1. The zero-order chi connectivity index (χ0) is 17.1. The number of hydrogen-bond acceptors (Lipinski definition) is 3. The number of anilines is 1. The largest absolute Gasteiger partial charge is 0.461 e. The van der Waals surface area contributed by atoms with Gasteiger partial charge in [0.05, 0.1) is 11.7 Å². The first kappa shape index (κ1) is 15.2. The molecular weight excluding hydrogens is 314 g/mol. The molecule has 2 aromatic heterocycles. The molecule has 0 aliphatic heterocycles. The fraction of sp³-hybridized carbons (Fsp3) is 0.100. The third kappa shape index (κ3) is 3.45. The number of furan rings is 1. The Bertz CT molecular complexity index is 1000. The summed E-state index contributed by atoms with van der Waals surface area (Å²) in [5.41, 5.74) is 2.75. The van der Waals surface area contributed by atoms with Gasteiger partial charge in [-0.1, -0.05) is 30.3 Å². The summed E-state index contributed by atoms with van der Waals surface area (Å²) in [5, 5.41) is 10.7. The number of benzene rings is 2. The molecule has 0 bridgehead atoms. The van der Waals surface area contributed by atoms with E-state index in [-0.39, 0.29) is 5.91 Å². The molecule has 5 heteroatoms. The highest BCUT2D eigenvalue weighted by Gasteiger charge is 2.08. The van der Waals surface area contributed by atoms with Crippen LogP contribution in [-0.4, -0.2) is 16.1 Å². The molecule has 0 aliphatic carbocycles. The van der Waals surface area contributed by atoms with E-state index in [0.717, 1.165) is 33.7 Å². The molecule has 0 fully saturated rings. The lowest BCUT2D eigenvalue weighted by molar-refractivity contribution is -0.116. The first-order valence-electron chi connectivity index (χ1n) is 8.15. The number of hydrogen-bond donors (Lipinski definition) is 2. The van der Waals surface area contributed by atoms with Crippen LogP contribution in [0.25, 0.3) is 22.2 Å². The van der Waals surface area contributed by atoms with E-state index in [1.165, 1.54) is 0 Å². The third-order valence-electron chi connectivity index (χ3n) is 4.04. The van der Waals surface area contributed by atoms with Crippen LogP contribution in [0, 0.1) is 0 Å². The topological polar surface area (TPSA) is 70.9 Å². The second kappa shape index (κ2) is 6.65. The Labute approximate surface area is 144 Å². The van der Waals surface area contributed by atoms with Gasteiger partial charge in [0.15, 0.2) is 0 Å². The van der Waals surface area contributed by atoms with Gasteiger partial charge in [0.25, 0.3) is 0 Å². The number of aromatic nitrogens is 2. The van der Waals surface area contributed by atoms with E-state index < -0.39 is 0 Å². The molecule has 4 rings (SSSR count). The molecule has 4 aromatic rings. The summed E-state index contributed by atoms with van der Waals surface area (Å²) in [7, 11) is 0. The highest BCUT2D eigenvalue weighted by molar-refractivity contribution is 5.93. The first-order valence-corrected chi connectivity index (χ1v) is 8.15. The second-order valence-electron chi connectivity index (χ2n) is 5.85. The maximum absolute atomic E-state index is 12.2. The molecule has 2 heterocycles. The summed E-state index contributed by atoms with van der Waals surface area (Å²) in [4.78, 5) is 12.2. The van der Waals surface area contributed by atoms with E-state index in [2.05, 4.69) is 15.5 Å². The van der Waals surface area contributed by atoms with Gasteiger partial charge < -0.3 is 9.73 Å². The van der Waals surface area contributed by atoms with Crippen molar-refractivity contribution in [2.45, 2.75) is 12.8 Å². The van der Waals surface area contributed by atoms with Gasteiger partial charge in [0, 0.05) is 29.5 Å². The zero-order valence-corrected chi connectivity index (χ0v) is 13.5. The molecular formula is C20H17N3O2. The zero-order valence-electron chi connectivity index (χ0n) is 13.5. The molecule has 2 aromatic carbocycles. The number of nitrogens with one attached hydrogen (secondary N) is 2.